The number of carbonyl (C=O) groups is 1. The van der Waals surface area contributed by atoms with Crippen molar-refractivity contribution in [2.24, 2.45) is 0 Å². The standard InChI is InChI=1S/C24H24N2O2/c27-24(18-28-22-7-2-1-3-8-22)25-16-19-10-12-20(13-11-19)17-26-15-14-21-6-4-5-9-23(21)26/h1-13H,14-18H2,(H,25,27). The Bertz CT molecular complexity index is 923. The number of fused-ring (bicyclic) bond motifs is 1. The number of benzene rings is 3. The highest BCUT2D eigenvalue weighted by molar-refractivity contribution is 5.77. The molecular weight excluding hydrogens is 348 g/mol. The van der Waals surface area contributed by atoms with Gasteiger partial charge in [-0.1, -0.05) is 60.7 Å². The fourth-order valence-corrected chi connectivity index (χ4v) is 3.47. The number of para-hydroxylation sites is 2. The molecule has 28 heavy (non-hydrogen) atoms. The highest BCUT2D eigenvalue weighted by Gasteiger charge is 2.18. The van der Waals surface area contributed by atoms with Crippen LogP contribution in [0.3, 0.4) is 0 Å². The number of nitrogens with zero attached hydrogens (tertiary/aromatic N) is 1. The van der Waals surface area contributed by atoms with E-state index in [-0.39, 0.29) is 12.5 Å². The van der Waals surface area contributed by atoms with Crippen LogP contribution >= 0.6 is 0 Å². The van der Waals surface area contributed by atoms with Gasteiger partial charge in [0, 0.05) is 25.3 Å². The monoisotopic (exact) mass is 372 g/mol. The quantitative estimate of drug-likeness (QED) is 0.683. The molecule has 4 heteroatoms. The molecule has 0 unspecified atom stereocenters. The highest BCUT2D eigenvalue weighted by atomic mass is 16.5. The molecule has 0 saturated heterocycles. The van der Waals surface area contributed by atoms with Crippen LogP contribution in [0.4, 0.5) is 5.69 Å². The minimum Gasteiger partial charge on any atom is -0.484 e. The van der Waals surface area contributed by atoms with Gasteiger partial charge in [0.25, 0.3) is 5.91 Å². The molecule has 0 aliphatic carbocycles. The summed E-state index contributed by atoms with van der Waals surface area (Å²) in [5, 5.41) is 2.90. The third-order valence-electron chi connectivity index (χ3n) is 4.98. The number of anilines is 1. The lowest BCUT2D eigenvalue weighted by Crippen LogP contribution is -2.28. The lowest BCUT2D eigenvalue weighted by atomic mass is 10.1. The van der Waals surface area contributed by atoms with Crippen molar-refractivity contribution in [2.75, 3.05) is 18.1 Å². The van der Waals surface area contributed by atoms with Gasteiger partial charge in [0.15, 0.2) is 6.61 Å². The molecule has 0 spiro atoms. The molecule has 1 amide bonds. The van der Waals surface area contributed by atoms with E-state index in [9.17, 15) is 4.79 Å². The number of rotatable bonds is 7. The Hall–Kier alpha value is -3.27. The van der Waals surface area contributed by atoms with Crippen LogP contribution in [-0.2, 0) is 24.3 Å². The topological polar surface area (TPSA) is 41.6 Å². The van der Waals surface area contributed by atoms with Crippen LogP contribution in [0.25, 0.3) is 0 Å². The smallest absolute Gasteiger partial charge is 0.258 e. The van der Waals surface area contributed by atoms with Gasteiger partial charge >= 0.3 is 0 Å². The normalized spacial score (nSPS) is 12.5. The summed E-state index contributed by atoms with van der Waals surface area (Å²) in [4.78, 5) is 14.4. The number of nitrogens with one attached hydrogen (secondary N) is 1. The minimum absolute atomic E-state index is 0.0243. The fourth-order valence-electron chi connectivity index (χ4n) is 3.47. The summed E-state index contributed by atoms with van der Waals surface area (Å²) in [5.41, 5.74) is 5.13. The molecule has 4 nitrogen and oxygen atoms in total. The molecule has 142 valence electrons. The van der Waals surface area contributed by atoms with Crippen LogP contribution in [0.2, 0.25) is 0 Å². The van der Waals surface area contributed by atoms with Crippen molar-refractivity contribution >= 4 is 11.6 Å². The largest absolute Gasteiger partial charge is 0.484 e. The molecule has 3 aromatic carbocycles. The van der Waals surface area contributed by atoms with Gasteiger partial charge in [-0.05, 0) is 41.3 Å². The number of ether oxygens (including phenoxy) is 1. The summed E-state index contributed by atoms with van der Waals surface area (Å²) >= 11 is 0. The van der Waals surface area contributed by atoms with Gasteiger partial charge in [0.1, 0.15) is 5.75 Å². The van der Waals surface area contributed by atoms with E-state index in [1.807, 2.05) is 30.3 Å². The molecule has 1 aliphatic rings. The Balaban J connectivity index is 1.25. The Labute approximate surface area is 165 Å². The molecule has 1 aliphatic heterocycles. The summed E-state index contributed by atoms with van der Waals surface area (Å²) in [7, 11) is 0. The van der Waals surface area contributed by atoms with Gasteiger partial charge < -0.3 is 15.0 Å². The molecule has 0 fully saturated rings. The van der Waals surface area contributed by atoms with Crippen molar-refractivity contribution in [2.45, 2.75) is 19.5 Å². The van der Waals surface area contributed by atoms with E-state index in [0.29, 0.717) is 12.3 Å². The minimum atomic E-state index is -0.124. The second-order valence-electron chi connectivity index (χ2n) is 7.00. The molecule has 3 aromatic rings. The lowest BCUT2D eigenvalue weighted by Gasteiger charge is -2.19. The number of amides is 1. The Morgan fingerprint density at radius 2 is 1.61 bits per heavy atom. The van der Waals surface area contributed by atoms with Gasteiger partial charge in [0.05, 0.1) is 0 Å². The third-order valence-corrected chi connectivity index (χ3v) is 4.98. The summed E-state index contributed by atoms with van der Waals surface area (Å²) in [5.74, 6) is 0.576. The van der Waals surface area contributed by atoms with Crippen LogP contribution in [0.5, 0.6) is 5.75 Å². The Morgan fingerprint density at radius 3 is 2.43 bits per heavy atom. The number of carbonyl (C=O) groups excluding carboxylic acids is 1. The molecule has 0 saturated carbocycles. The average Bonchev–Trinajstić information content (AvgIpc) is 3.15. The Morgan fingerprint density at radius 1 is 0.893 bits per heavy atom. The molecule has 4 rings (SSSR count). The molecule has 0 radical (unpaired) electrons. The molecule has 0 bridgehead atoms. The van der Waals surface area contributed by atoms with E-state index in [0.717, 1.165) is 25.1 Å². The van der Waals surface area contributed by atoms with E-state index >= 15 is 0 Å². The first kappa shape index (κ1) is 18.1. The van der Waals surface area contributed by atoms with Crippen molar-refractivity contribution < 1.29 is 9.53 Å². The third kappa shape index (κ3) is 4.52. The number of hydrogen-bond acceptors (Lipinski definition) is 3. The first-order valence-corrected chi connectivity index (χ1v) is 9.63. The summed E-state index contributed by atoms with van der Waals surface area (Å²) in [6.45, 7) is 2.51. The average molecular weight is 372 g/mol. The van der Waals surface area contributed by atoms with Crippen molar-refractivity contribution in [1.82, 2.24) is 5.32 Å². The number of hydrogen-bond donors (Lipinski definition) is 1. The second-order valence-corrected chi connectivity index (χ2v) is 7.00. The van der Waals surface area contributed by atoms with E-state index in [1.165, 1.54) is 16.8 Å². The Kier molecular flexibility index (Phi) is 5.57. The van der Waals surface area contributed by atoms with Crippen LogP contribution in [0.1, 0.15) is 16.7 Å². The van der Waals surface area contributed by atoms with Gasteiger partial charge in [-0.2, -0.15) is 0 Å². The molecular formula is C24H24N2O2. The van der Waals surface area contributed by atoms with Gasteiger partial charge in [-0.15, -0.1) is 0 Å². The van der Waals surface area contributed by atoms with Crippen LogP contribution < -0.4 is 15.0 Å². The van der Waals surface area contributed by atoms with Crippen molar-refractivity contribution in [1.29, 1.82) is 0 Å². The second kappa shape index (κ2) is 8.61. The first-order chi connectivity index (χ1) is 13.8. The summed E-state index contributed by atoms with van der Waals surface area (Å²) < 4.78 is 5.46. The van der Waals surface area contributed by atoms with Crippen LogP contribution in [0.15, 0.2) is 78.9 Å². The predicted octanol–water partition coefficient (Wildman–Crippen LogP) is 3.94. The van der Waals surface area contributed by atoms with Crippen molar-refractivity contribution in [3.63, 3.8) is 0 Å². The maximum absolute atomic E-state index is 12.0. The summed E-state index contributed by atoms with van der Waals surface area (Å²) in [6.07, 6.45) is 1.12. The highest BCUT2D eigenvalue weighted by Crippen LogP contribution is 2.28. The lowest BCUT2D eigenvalue weighted by molar-refractivity contribution is -0.123. The van der Waals surface area contributed by atoms with Crippen molar-refractivity contribution in [3.05, 3.63) is 95.6 Å². The molecule has 1 N–H and O–H groups in total. The maximum Gasteiger partial charge on any atom is 0.258 e. The molecule has 0 atom stereocenters. The van der Waals surface area contributed by atoms with E-state index in [1.54, 1.807) is 0 Å². The first-order valence-electron chi connectivity index (χ1n) is 9.63. The SMILES string of the molecule is O=C(COc1ccccc1)NCc1ccc(CN2CCc3ccccc32)cc1. The molecule has 1 heterocycles. The van der Waals surface area contributed by atoms with Crippen LogP contribution in [-0.4, -0.2) is 19.1 Å². The van der Waals surface area contributed by atoms with Crippen molar-refractivity contribution in [3.8, 4) is 5.75 Å². The van der Waals surface area contributed by atoms with Gasteiger partial charge in [-0.3, -0.25) is 4.79 Å². The van der Waals surface area contributed by atoms with Gasteiger partial charge in [0.2, 0.25) is 0 Å². The van der Waals surface area contributed by atoms with Gasteiger partial charge in [-0.25, -0.2) is 0 Å². The fraction of sp³-hybridized carbons (Fsp3) is 0.208. The van der Waals surface area contributed by atoms with E-state index in [4.69, 9.17) is 4.74 Å². The zero-order chi connectivity index (χ0) is 19.2. The molecule has 0 aromatic heterocycles. The predicted molar refractivity (Wildman–Crippen MR) is 111 cm³/mol. The summed E-state index contributed by atoms with van der Waals surface area (Å²) in [6, 6.07) is 26.4. The zero-order valence-corrected chi connectivity index (χ0v) is 15.8. The zero-order valence-electron chi connectivity index (χ0n) is 15.8. The maximum atomic E-state index is 12.0. The van der Waals surface area contributed by atoms with Crippen LogP contribution in [0, 0.1) is 0 Å². The van der Waals surface area contributed by atoms with E-state index in [2.05, 4.69) is 58.7 Å². The van der Waals surface area contributed by atoms with E-state index < -0.39 is 0 Å².